The number of Topliss-reactive ketones (excluding diaryl/α,β-unsaturated/α-hetero) is 1. The van der Waals surface area contributed by atoms with Gasteiger partial charge in [0.25, 0.3) is 0 Å². The molecule has 1 aromatic carbocycles. The fourth-order valence-corrected chi connectivity index (χ4v) is 5.53. The topological polar surface area (TPSA) is 77.5 Å². The number of hydrogen-bond donors (Lipinski definition) is 1. The minimum absolute atomic E-state index is 0.0391. The minimum Gasteiger partial charge on any atom is -0.497 e. The van der Waals surface area contributed by atoms with Gasteiger partial charge in [-0.1, -0.05) is 12.1 Å². The van der Waals surface area contributed by atoms with Gasteiger partial charge in [-0.15, -0.1) is 0 Å². The lowest BCUT2D eigenvalue weighted by Gasteiger charge is -2.37. The number of nitrogens with zero attached hydrogens (tertiary/aromatic N) is 1. The van der Waals surface area contributed by atoms with Gasteiger partial charge in [0.05, 0.1) is 12.7 Å². The highest BCUT2D eigenvalue weighted by Crippen LogP contribution is 2.46. The van der Waals surface area contributed by atoms with Crippen LogP contribution in [0.15, 0.2) is 71.3 Å². The predicted octanol–water partition coefficient (Wildman–Crippen LogP) is 4.94. The molecule has 1 fully saturated rings. The molecule has 2 heterocycles. The van der Waals surface area contributed by atoms with Crippen molar-refractivity contribution in [1.82, 2.24) is 10.3 Å². The van der Waals surface area contributed by atoms with Gasteiger partial charge < -0.3 is 14.8 Å². The first kappa shape index (κ1) is 22.4. The number of carbonyl (C=O) groups is 2. The Balaban J connectivity index is 1.50. The number of ether oxygens (including phenoxy) is 2. The molecule has 1 N–H and O–H groups in total. The van der Waals surface area contributed by atoms with E-state index in [0.29, 0.717) is 24.0 Å². The second-order valence-corrected chi connectivity index (χ2v) is 9.38. The van der Waals surface area contributed by atoms with Crippen LogP contribution < -0.4 is 10.1 Å². The van der Waals surface area contributed by atoms with E-state index in [1.807, 2.05) is 43.3 Å². The van der Waals surface area contributed by atoms with Gasteiger partial charge in [0.2, 0.25) is 0 Å². The van der Waals surface area contributed by atoms with Crippen LogP contribution in [0.3, 0.4) is 0 Å². The van der Waals surface area contributed by atoms with Gasteiger partial charge in [-0.2, -0.15) is 0 Å². The Bertz CT molecular complexity index is 1140. The van der Waals surface area contributed by atoms with Gasteiger partial charge in [0.15, 0.2) is 5.78 Å². The summed E-state index contributed by atoms with van der Waals surface area (Å²) in [7, 11) is 1.64. The molecule has 0 radical (unpaired) electrons. The Hall–Kier alpha value is -3.41. The molecule has 176 valence electrons. The van der Waals surface area contributed by atoms with Crippen molar-refractivity contribution in [3.63, 3.8) is 0 Å². The first-order chi connectivity index (χ1) is 16.5. The lowest BCUT2D eigenvalue weighted by Crippen LogP contribution is -2.36. The fourth-order valence-electron chi connectivity index (χ4n) is 5.53. The van der Waals surface area contributed by atoms with Crippen LogP contribution in [-0.2, 0) is 14.3 Å². The molecular formula is C28H30N2O4. The summed E-state index contributed by atoms with van der Waals surface area (Å²) in [6, 6.07) is 11.7. The van der Waals surface area contributed by atoms with E-state index < -0.39 is 5.92 Å². The third-order valence-electron chi connectivity index (χ3n) is 7.25. The summed E-state index contributed by atoms with van der Waals surface area (Å²) in [4.78, 5) is 31.2. The highest BCUT2D eigenvalue weighted by atomic mass is 16.5. The van der Waals surface area contributed by atoms with Gasteiger partial charge >= 0.3 is 5.97 Å². The van der Waals surface area contributed by atoms with E-state index in [9.17, 15) is 9.59 Å². The van der Waals surface area contributed by atoms with Crippen molar-refractivity contribution in [2.24, 2.45) is 0 Å². The van der Waals surface area contributed by atoms with E-state index in [2.05, 4.69) is 10.3 Å². The van der Waals surface area contributed by atoms with E-state index in [-0.39, 0.29) is 23.8 Å². The van der Waals surface area contributed by atoms with E-state index in [1.54, 1.807) is 19.5 Å². The molecule has 2 atom stereocenters. The van der Waals surface area contributed by atoms with Crippen molar-refractivity contribution in [3.05, 3.63) is 82.5 Å². The zero-order valence-corrected chi connectivity index (χ0v) is 19.7. The summed E-state index contributed by atoms with van der Waals surface area (Å²) < 4.78 is 11.2. The normalized spacial score (nSPS) is 22.9. The van der Waals surface area contributed by atoms with Crippen molar-refractivity contribution in [2.75, 3.05) is 7.11 Å². The highest BCUT2D eigenvalue weighted by molar-refractivity contribution is 6.04. The maximum atomic E-state index is 13.6. The largest absolute Gasteiger partial charge is 0.497 e. The van der Waals surface area contributed by atoms with Crippen molar-refractivity contribution in [3.8, 4) is 5.75 Å². The SMILES string of the molecule is COc1ccc([C@H]2CC(=O)C3=C(C2)NC(C)=C(C(=O)OC2CCCC2)[C@H]3c2ccncc2)cc1. The average molecular weight is 459 g/mol. The standard InChI is InChI=1S/C28H30N2O4/c1-17-25(28(32)34-22-5-3-4-6-22)26(19-11-13-29-14-12-19)27-23(30-17)15-20(16-24(27)31)18-7-9-21(33-2)10-8-18/h7-14,20,22,26,30H,3-6,15-16H2,1-2H3/t20-,26-/m1/s1. The van der Waals surface area contributed by atoms with Gasteiger partial charge in [0, 0.05) is 41.7 Å². The van der Waals surface area contributed by atoms with Crippen molar-refractivity contribution >= 4 is 11.8 Å². The van der Waals surface area contributed by atoms with Crippen LogP contribution in [0.1, 0.15) is 68.4 Å². The van der Waals surface area contributed by atoms with Crippen LogP contribution in [0.2, 0.25) is 0 Å². The first-order valence-corrected chi connectivity index (χ1v) is 12.0. The molecular weight excluding hydrogens is 428 g/mol. The van der Waals surface area contributed by atoms with E-state index in [1.165, 1.54) is 0 Å². The number of esters is 1. The van der Waals surface area contributed by atoms with E-state index in [4.69, 9.17) is 9.47 Å². The Morgan fingerprint density at radius 2 is 1.71 bits per heavy atom. The molecule has 0 bridgehead atoms. The number of aromatic nitrogens is 1. The molecule has 0 saturated heterocycles. The van der Waals surface area contributed by atoms with Crippen LogP contribution in [0.4, 0.5) is 0 Å². The van der Waals surface area contributed by atoms with Gasteiger partial charge in [0.1, 0.15) is 11.9 Å². The van der Waals surface area contributed by atoms with Crippen LogP contribution in [0, 0.1) is 0 Å². The quantitative estimate of drug-likeness (QED) is 0.640. The number of ketones is 1. The summed E-state index contributed by atoms with van der Waals surface area (Å²) in [6.45, 7) is 1.91. The van der Waals surface area contributed by atoms with Crippen molar-refractivity contribution in [2.45, 2.75) is 63.4 Å². The number of carbonyl (C=O) groups excluding carboxylic acids is 2. The summed E-state index contributed by atoms with van der Waals surface area (Å²) in [5.41, 5.74) is 4.86. The third-order valence-corrected chi connectivity index (χ3v) is 7.25. The lowest BCUT2D eigenvalue weighted by molar-refractivity contribution is -0.144. The Labute approximate surface area is 200 Å². The molecule has 6 nitrogen and oxygen atoms in total. The maximum absolute atomic E-state index is 13.6. The highest BCUT2D eigenvalue weighted by Gasteiger charge is 2.42. The summed E-state index contributed by atoms with van der Waals surface area (Å²) >= 11 is 0. The first-order valence-electron chi connectivity index (χ1n) is 12.0. The monoisotopic (exact) mass is 458 g/mol. The molecule has 2 aliphatic carbocycles. The molecule has 1 aliphatic heterocycles. The maximum Gasteiger partial charge on any atom is 0.337 e. The van der Waals surface area contributed by atoms with Gasteiger partial charge in [-0.05, 0) is 80.3 Å². The molecule has 3 aliphatic rings. The summed E-state index contributed by atoms with van der Waals surface area (Å²) in [6.07, 6.45) is 8.47. The minimum atomic E-state index is -0.447. The average Bonchev–Trinajstić information content (AvgIpc) is 3.36. The second-order valence-electron chi connectivity index (χ2n) is 9.38. The van der Waals surface area contributed by atoms with Crippen LogP contribution in [0.5, 0.6) is 5.75 Å². The summed E-state index contributed by atoms with van der Waals surface area (Å²) in [5, 5.41) is 3.42. The zero-order chi connectivity index (χ0) is 23.7. The van der Waals surface area contributed by atoms with Crippen LogP contribution in [0.25, 0.3) is 0 Å². The molecule has 2 aromatic rings. The third kappa shape index (κ3) is 4.25. The second kappa shape index (κ2) is 9.45. The lowest BCUT2D eigenvalue weighted by atomic mass is 9.72. The van der Waals surface area contributed by atoms with E-state index >= 15 is 0 Å². The molecule has 5 rings (SSSR count). The molecule has 1 aromatic heterocycles. The molecule has 1 saturated carbocycles. The molecule has 0 amide bonds. The Kier molecular flexibility index (Phi) is 6.22. The van der Waals surface area contributed by atoms with Gasteiger partial charge in [-0.25, -0.2) is 4.79 Å². The predicted molar refractivity (Wildman–Crippen MR) is 128 cm³/mol. The summed E-state index contributed by atoms with van der Waals surface area (Å²) in [5.74, 6) is 0.161. The van der Waals surface area contributed by atoms with Crippen molar-refractivity contribution < 1.29 is 19.1 Å². The molecule has 0 unspecified atom stereocenters. The van der Waals surface area contributed by atoms with Crippen molar-refractivity contribution in [1.29, 1.82) is 0 Å². The van der Waals surface area contributed by atoms with Crippen LogP contribution in [-0.4, -0.2) is 30.0 Å². The number of nitrogens with one attached hydrogen (secondary N) is 1. The number of allylic oxidation sites excluding steroid dienone is 3. The molecule has 6 heteroatoms. The smallest absolute Gasteiger partial charge is 0.337 e. The zero-order valence-electron chi connectivity index (χ0n) is 19.7. The molecule has 0 spiro atoms. The van der Waals surface area contributed by atoms with Crippen LogP contribution >= 0.6 is 0 Å². The Morgan fingerprint density at radius 1 is 1.00 bits per heavy atom. The van der Waals surface area contributed by atoms with Gasteiger partial charge in [-0.3, -0.25) is 9.78 Å². The fraction of sp³-hybridized carbons (Fsp3) is 0.393. The van der Waals surface area contributed by atoms with E-state index in [0.717, 1.165) is 54.0 Å². The molecule has 34 heavy (non-hydrogen) atoms. The number of benzene rings is 1. The number of dihydropyridines is 1. The number of rotatable bonds is 5. The number of hydrogen-bond acceptors (Lipinski definition) is 6. The Morgan fingerprint density at radius 3 is 2.38 bits per heavy atom. The number of pyridine rings is 1. The number of methoxy groups -OCH3 is 1.